The summed E-state index contributed by atoms with van der Waals surface area (Å²) in [6.45, 7) is 7.49. The van der Waals surface area contributed by atoms with Gasteiger partial charge in [0.1, 0.15) is 18.4 Å². The zero-order valence-electron chi connectivity index (χ0n) is 12.8. The van der Waals surface area contributed by atoms with Crippen LogP contribution in [0.2, 0.25) is 25.7 Å². The van der Waals surface area contributed by atoms with Gasteiger partial charge in [-0.25, -0.2) is 8.78 Å². The molecule has 0 aliphatic heterocycles. The minimum atomic E-state index is -1.19. The minimum Gasteiger partial charge on any atom is -0.361 e. The molecule has 0 fully saturated rings. The molecule has 0 amide bonds. The molecule has 1 aromatic carbocycles. The predicted octanol–water partition coefficient (Wildman–Crippen LogP) is 4.81. The van der Waals surface area contributed by atoms with E-state index in [4.69, 9.17) is 4.74 Å². The molecule has 2 aromatic rings. The fourth-order valence-corrected chi connectivity index (χ4v) is 3.19. The lowest BCUT2D eigenvalue weighted by Gasteiger charge is -2.15. The summed E-state index contributed by atoms with van der Waals surface area (Å²) in [7, 11) is -1.19. The molecule has 0 aliphatic rings. The van der Waals surface area contributed by atoms with Gasteiger partial charge >= 0.3 is 0 Å². The summed E-state index contributed by atoms with van der Waals surface area (Å²) >= 11 is 2.86. The van der Waals surface area contributed by atoms with Crippen molar-refractivity contribution in [2.45, 2.75) is 32.4 Å². The first-order valence-electron chi connectivity index (χ1n) is 6.94. The number of aldehydes is 1. The minimum absolute atomic E-state index is 0.108. The summed E-state index contributed by atoms with van der Waals surface area (Å²) in [4.78, 5) is 11.1. The normalized spacial score (nSPS) is 12.1. The Hall–Kier alpha value is -1.05. The standard InChI is InChI=1S/C15H18BrF2NO2Si/c1-22(2,3)5-4-21-9-19-7-10(8-20)13-12(19)6-11(17)14(16)15(13)18/h6-8H,4-5,9H2,1-3H3. The van der Waals surface area contributed by atoms with E-state index in [1.54, 1.807) is 4.57 Å². The molecule has 1 aromatic heterocycles. The summed E-state index contributed by atoms with van der Waals surface area (Å²) < 4.78 is 34.8. The number of halogens is 3. The molecule has 0 atom stereocenters. The number of carbonyl (C=O) groups excluding carboxylic acids is 1. The third-order valence-electron chi connectivity index (χ3n) is 3.39. The second-order valence-electron chi connectivity index (χ2n) is 6.40. The highest BCUT2D eigenvalue weighted by atomic mass is 79.9. The summed E-state index contributed by atoms with van der Waals surface area (Å²) in [5.41, 5.74) is 0.496. The molecule has 3 nitrogen and oxygen atoms in total. The highest BCUT2D eigenvalue weighted by Gasteiger charge is 2.19. The molecule has 0 N–H and O–H groups in total. The number of carbonyl (C=O) groups is 1. The maximum Gasteiger partial charge on any atom is 0.152 e. The zero-order chi connectivity index (χ0) is 16.5. The number of fused-ring (bicyclic) bond motifs is 1. The Morgan fingerprint density at radius 1 is 1.36 bits per heavy atom. The van der Waals surface area contributed by atoms with Gasteiger partial charge in [-0.05, 0) is 28.0 Å². The smallest absolute Gasteiger partial charge is 0.152 e. The van der Waals surface area contributed by atoms with E-state index in [1.165, 1.54) is 12.3 Å². The summed E-state index contributed by atoms with van der Waals surface area (Å²) in [5, 5.41) is 0.108. The summed E-state index contributed by atoms with van der Waals surface area (Å²) in [6.07, 6.45) is 2.05. The van der Waals surface area contributed by atoms with Crippen molar-refractivity contribution in [3.8, 4) is 0 Å². The lowest BCUT2D eigenvalue weighted by atomic mass is 10.2. The molecule has 120 valence electrons. The predicted molar refractivity (Wildman–Crippen MR) is 89.0 cm³/mol. The molecule has 7 heteroatoms. The monoisotopic (exact) mass is 389 g/mol. The fourth-order valence-electron chi connectivity index (χ4n) is 2.12. The van der Waals surface area contributed by atoms with Crippen molar-refractivity contribution in [3.63, 3.8) is 0 Å². The van der Waals surface area contributed by atoms with Crippen molar-refractivity contribution >= 4 is 41.2 Å². The van der Waals surface area contributed by atoms with Crippen molar-refractivity contribution in [1.82, 2.24) is 4.57 Å². The van der Waals surface area contributed by atoms with Gasteiger partial charge in [0.25, 0.3) is 0 Å². The number of ether oxygens (including phenoxy) is 1. The van der Waals surface area contributed by atoms with E-state index in [0.29, 0.717) is 18.4 Å². The Bertz CT molecular complexity index is 710. The van der Waals surface area contributed by atoms with Gasteiger partial charge in [-0.3, -0.25) is 4.79 Å². The van der Waals surface area contributed by atoms with Crippen LogP contribution in [0.5, 0.6) is 0 Å². The number of nitrogens with zero attached hydrogens (tertiary/aromatic N) is 1. The summed E-state index contributed by atoms with van der Waals surface area (Å²) in [5.74, 6) is -1.47. The van der Waals surface area contributed by atoms with Crippen LogP contribution in [0.1, 0.15) is 10.4 Å². The maximum atomic E-state index is 14.2. The van der Waals surface area contributed by atoms with Gasteiger partial charge in [0.05, 0.1) is 9.99 Å². The first-order valence-corrected chi connectivity index (χ1v) is 11.4. The van der Waals surface area contributed by atoms with Crippen molar-refractivity contribution in [2.24, 2.45) is 0 Å². The average Bonchev–Trinajstić information content (AvgIpc) is 2.78. The molecule has 22 heavy (non-hydrogen) atoms. The number of rotatable bonds is 6. The first kappa shape index (κ1) is 17.3. The summed E-state index contributed by atoms with van der Waals surface area (Å²) in [6, 6.07) is 2.21. The van der Waals surface area contributed by atoms with Gasteiger partial charge in [0.15, 0.2) is 6.29 Å². The van der Waals surface area contributed by atoms with Crippen molar-refractivity contribution < 1.29 is 18.3 Å². The van der Waals surface area contributed by atoms with E-state index in [9.17, 15) is 13.6 Å². The van der Waals surface area contributed by atoms with Crippen molar-refractivity contribution in [2.75, 3.05) is 6.61 Å². The Morgan fingerprint density at radius 3 is 2.64 bits per heavy atom. The second-order valence-corrected chi connectivity index (χ2v) is 12.8. The van der Waals surface area contributed by atoms with Crippen LogP contribution >= 0.6 is 15.9 Å². The van der Waals surface area contributed by atoms with Crippen LogP contribution < -0.4 is 0 Å². The Balaban J connectivity index is 2.29. The maximum absolute atomic E-state index is 14.2. The van der Waals surface area contributed by atoms with Crippen LogP contribution in [-0.2, 0) is 11.5 Å². The van der Waals surface area contributed by atoms with Crippen LogP contribution in [0.4, 0.5) is 8.78 Å². The van der Waals surface area contributed by atoms with Gasteiger partial charge in [-0.15, -0.1) is 0 Å². The SMILES string of the molecule is C[Si](C)(C)CCOCn1cc(C=O)c2c(F)c(Br)c(F)cc21. The molecule has 0 spiro atoms. The van der Waals surface area contributed by atoms with Crippen LogP contribution in [0, 0.1) is 11.6 Å². The number of hydrogen-bond donors (Lipinski definition) is 0. The molecule has 0 unspecified atom stereocenters. The van der Waals surface area contributed by atoms with Gasteiger partial charge in [0.2, 0.25) is 0 Å². The highest BCUT2D eigenvalue weighted by Crippen LogP contribution is 2.31. The van der Waals surface area contributed by atoms with Crippen LogP contribution in [0.15, 0.2) is 16.7 Å². The molecule has 2 rings (SSSR count). The number of hydrogen-bond acceptors (Lipinski definition) is 2. The van der Waals surface area contributed by atoms with Gasteiger partial charge in [-0.1, -0.05) is 19.6 Å². The van der Waals surface area contributed by atoms with Gasteiger partial charge < -0.3 is 9.30 Å². The first-order chi connectivity index (χ1) is 10.2. The zero-order valence-corrected chi connectivity index (χ0v) is 15.3. The fraction of sp³-hybridized carbons (Fsp3) is 0.400. The second kappa shape index (κ2) is 6.60. The molecule has 0 bridgehead atoms. The average molecular weight is 390 g/mol. The van der Waals surface area contributed by atoms with Crippen molar-refractivity contribution in [3.05, 3.63) is 33.9 Å². The van der Waals surface area contributed by atoms with E-state index in [-0.39, 0.29) is 22.2 Å². The van der Waals surface area contributed by atoms with E-state index in [2.05, 4.69) is 35.6 Å². The molecule has 0 saturated carbocycles. The molecular formula is C15H18BrF2NO2Si. The van der Waals surface area contributed by atoms with E-state index < -0.39 is 19.7 Å². The number of aromatic nitrogens is 1. The van der Waals surface area contributed by atoms with Crippen LogP contribution in [0.3, 0.4) is 0 Å². The topological polar surface area (TPSA) is 31.2 Å². The van der Waals surface area contributed by atoms with E-state index >= 15 is 0 Å². The molecule has 1 heterocycles. The molecule has 0 aliphatic carbocycles. The Kier molecular flexibility index (Phi) is 5.19. The van der Waals surface area contributed by atoms with Crippen LogP contribution in [0.25, 0.3) is 10.9 Å². The highest BCUT2D eigenvalue weighted by molar-refractivity contribution is 9.10. The molecular weight excluding hydrogens is 372 g/mol. The largest absolute Gasteiger partial charge is 0.361 e. The van der Waals surface area contributed by atoms with Crippen LogP contribution in [-0.4, -0.2) is 25.5 Å². The Labute approximate surface area is 137 Å². The van der Waals surface area contributed by atoms with E-state index in [1.807, 2.05) is 0 Å². The lowest BCUT2D eigenvalue weighted by molar-refractivity contribution is 0.0900. The quantitative estimate of drug-likeness (QED) is 0.307. The lowest BCUT2D eigenvalue weighted by Crippen LogP contribution is -2.21. The van der Waals surface area contributed by atoms with E-state index in [0.717, 1.165) is 6.04 Å². The van der Waals surface area contributed by atoms with Gasteiger partial charge in [-0.2, -0.15) is 0 Å². The van der Waals surface area contributed by atoms with Gasteiger partial charge in [0, 0.05) is 31.8 Å². The number of benzene rings is 1. The third-order valence-corrected chi connectivity index (χ3v) is 5.82. The third kappa shape index (κ3) is 3.64. The van der Waals surface area contributed by atoms with Crippen molar-refractivity contribution in [1.29, 1.82) is 0 Å². The Morgan fingerprint density at radius 2 is 2.05 bits per heavy atom. The molecule has 0 radical (unpaired) electrons. The molecule has 0 saturated heterocycles.